The van der Waals surface area contributed by atoms with Gasteiger partial charge in [0.1, 0.15) is 11.4 Å². The van der Waals surface area contributed by atoms with Crippen LogP contribution < -0.4 is 10.6 Å². The molecule has 2 atom stereocenters. The molecule has 1 aromatic carbocycles. The molecular formula is C19H25FN2O3. The predicted molar refractivity (Wildman–Crippen MR) is 94.7 cm³/mol. The van der Waals surface area contributed by atoms with Gasteiger partial charge in [-0.15, -0.1) is 0 Å². The van der Waals surface area contributed by atoms with Gasteiger partial charge in [0.05, 0.1) is 12.0 Å². The quantitative estimate of drug-likeness (QED) is 0.808. The number of hydrogen-bond acceptors (Lipinski definition) is 3. The van der Waals surface area contributed by atoms with Crippen molar-refractivity contribution < 1.29 is 18.7 Å². The first-order valence-electron chi connectivity index (χ1n) is 8.32. The Kier molecular flexibility index (Phi) is 5.50. The lowest BCUT2D eigenvalue weighted by molar-refractivity contribution is -0.118. The topological polar surface area (TPSA) is 67.4 Å². The average Bonchev–Trinajstić information content (AvgIpc) is 2.50. The Labute approximate surface area is 147 Å². The van der Waals surface area contributed by atoms with Crippen LogP contribution in [0.3, 0.4) is 0 Å². The molecule has 0 aromatic heterocycles. The summed E-state index contributed by atoms with van der Waals surface area (Å²) in [6.07, 6.45) is 0.155. The molecule has 25 heavy (non-hydrogen) atoms. The van der Waals surface area contributed by atoms with Gasteiger partial charge in [-0.3, -0.25) is 4.79 Å². The molecule has 0 heterocycles. The molecule has 0 fully saturated rings. The van der Waals surface area contributed by atoms with E-state index in [1.807, 2.05) is 34.6 Å². The van der Waals surface area contributed by atoms with E-state index in [0.717, 1.165) is 11.1 Å². The van der Waals surface area contributed by atoms with Crippen LogP contribution in [-0.4, -0.2) is 23.6 Å². The highest BCUT2D eigenvalue weighted by atomic mass is 19.1. The Morgan fingerprint density at radius 2 is 1.84 bits per heavy atom. The third-order valence-electron chi connectivity index (χ3n) is 4.17. The Morgan fingerprint density at radius 1 is 1.24 bits per heavy atom. The summed E-state index contributed by atoms with van der Waals surface area (Å²) in [6, 6.07) is 5.54. The molecule has 0 aliphatic heterocycles. The first-order chi connectivity index (χ1) is 11.6. The van der Waals surface area contributed by atoms with E-state index in [-0.39, 0.29) is 23.7 Å². The second kappa shape index (κ2) is 7.25. The zero-order valence-electron chi connectivity index (χ0n) is 15.3. The smallest absolute Gasteiger partial charge is 0.408 e. The minimum absolute atomic E-state index is 0.106. The zero-order valence-corrected chi connectivity index (χ0v) is 15.3. The molecule has 2 amide bonds. The van der Waals surface area contributed by atoms with Crippen molar-refractivity contribution in [2.75, 3.05) is 5.32 Å². The van der Waals surface area contributed by atoms with Crippen molar-refractivity contribution in [3.8, 4) is 0 Å². The van der Waals surface area contributed by atoms with E-state index in [1.54, 1.807) is 0 Å². The van der Waals surface area contributed by atoms with E-state index in [1.165, 1.54) is 24.3 Å². The van der Waals surface area contributed by atoms with Crippen LogP contribution >= 0.6 is 0 Å². The first-order valence-corrected chi connectivity index (χ1v) is 8.32. The number of carbonyl (C=O) groups excluding carboxylic acids is 2. The lowest BCUT2D eigenvalue weighted by Gasteiger charge is -2.35. The third kappa shape index (κ3) is 5.05. The number of hydrogen-bond donors (Lipinski definition) is 2. The fraction of sp³-hybridized carbons (Fsp3) is 0.474. The molecule has 1 aromatic rings. The summed E-state index contributed by atoms with van der Waals surface area (Å²) in [6.45, 7) is 9.15. The highest BCUT2D eigenvalue weighted by molar-refractivity contribution is 5.94. The number of halogens is 1. The summed E-state index contributed by atoms with van der Waals surface area (Å²) in [5.74, 6) is -0.821. The summed E-state index contributed by atoms with van der Waals surface area (Å²) in [7, 11) is 0. The Bertz CT molecular complexity index is 690. The van der Waals surface area contributed by atoms with Crippen LogP contribution in [0, 0.1) is 11.7 Å². The molecule has 1 aliphatic carbocycles. The number of rotatable bonds is 4. The molecule has 5 nitrogen and oxygen atoms in total. The zero-order chi connectivity index (χ0) is 18.8. The van der Waals surface area contributed by atoms with Gasteiger partial charge < -0.3 is 15.4 Å². The maximum absolute atomic E-state index is 12.9. The van der Waals surface area contributed by atoms with Crippen LogP contribution in [0.25, 0.3) is 0 Å². The molecule has 0 radical (unpaired) electrons. The molecule has 136 valence electrons. The number of alkyl carbamates (subject to hydrolysis) is 1. The van der Waals surface area contributed by atoms with Gasteiger partial charge in [-0.2, -0.15) is 0 Å². The molecule has 0 spiro atoms. The minimum atomic E-state index is -0.545. The van der Waals surface area contributed by atoms with Crippen LogP contribution in [0.15, 0.2) is 35.4 Å². The van der Waals surface area contributed by atoms with Gasteiger partial charge in [-0.1, -0.05) is 11.1 Å². The van der Waals surface area contributed by atoms with Crippen LogP contribution in [-0.2, 0) is 9.53 Å². The van der Waals surface area contributed by atoms with Gasteiger partial charge >= 0.3 is 6.09 Å². The molecule has 2 rings (SSSR count). The fourth-order valence-corrected chi connectivity index (χ4v) is 2.70. The number of ether oxygens (including phenoxy) is 1. The molecule has 1 aliphatic rings. The number of amides is 2. The second-order valence-corrected chi connectivity index (χ2v) is 7.33. The van der Waals surface area contributed by atoms with Gasteiger partial charge in [-0.05, 0) is 65.3 Å². The summed E-state index contributed by atoms with van der Waals surface area (Å²) >= 11 is 0. The number of anilines is 1. The molecule has 2 N–H and O–H groups in total. The maximum Gasteiger partial charge on any atom is 0.408 e. The molecule has 0 saturated heterocycles. The van der Waals surface area contributed by atoms with Crippen molar-refractivity contribution in [1.82, 2.24) is 5.32 Å². The fourth-order valence-electron chi connectivity index (χ4n) is 2.70. The van der Waals surface area contributed by atoms with Crippen molar-refractivity contribution in [1.29, 1.82) is 0 Å². The number of nitrogens with one attached hydrogen (secondary N) is 2. The van der Waals surface area contributed by atoms with Gasteiger partial charge in [0.15, 0.2) is 0 Å². The minimum Gasteiger partial charge on any atom is -0.444 e. The second-order valence-electron chi connectivity index (χ2n) is 7.33. The SMILES string of the molecule is CC1=C(C(C)C(=O)Nc2ccc(F)cc2)CC1NC(=O)OC(C)(C)C. The van der Waals surface area contributed by atoms with Crippen molar-refractivity contribution >= 4 is 17.7 Å². The lowest BCUT2D eigenvalue weighted by atomic mass is 9.77. The van der Waals surface area contributed by atoms with Crippen molar-refractivity contribution in [2.24, 2.45) is 5.92 Å². The van der Waals surface area contributed by atoms with E-state index < -0.39 is 11.7 Å². The van der Waals surface area contributed by atoms with Crippen molar-refractivity contribution in [2.45, 2.75) is 52.7 Å². The standard InChI is InChI=1S/C19H25FN2O3/c1-11-15(10-16(11)22-18(24)25-19(3,4)5)12(2)17(23)21-14-8-6-13(20)7-9-14/h6-9,12,16H,10H2,1-5H3,(H,21,23)(H,22,24). The van der Waals surface area contributed by atoms with Crippen LogP contribution in [0.4, 0.5) is 14.9 Å². The van der Waals surface area contributed by atoms with E-state index >= 15 is 0 Å². The van der Waals surface area contributed by atoms with Crippen LogP contribution in [0.2, 0.25) is 0 Å². The predicted octanol–water partition coefficient (Wildman–Crippen LogP) is 4.01. The molecule has 6 heteroatoms. The van der Waals surface area contributed by atoms with Gasteiger partial charge in [-0.25, -0.2) is 9.18 Å². The normalized spacial score (nSPS) is 18.2. The largest absolute Gasteiger partial charge is 0.444 e. The summed E-state index contributed by atoms with van der Waals surface area (Å²) in [5.41, 5.74) is 1.99. The molecular weight excluding hydrogens is 323 g/mol. The lowest BCUT2D eigenvalue weighted by Crippen LogP contribution is -2.45. The Morgan fingerprint density at radius 3 is 2.36 bits per heavy atom. The molecule has 0 saturated carbocycles. The van der Waals surface area contributed by atoms with Gasteiger partial charge in [0.2, 0.25) is 5.91 Å². The Balaban J connectivity index is 1.92. The first kappa shape index (κ1) is 19.0. The van der Waals surface area contributed by atoms with E-state index in [4.69, 9.17) is 4.74 Å². The van der Waals surface area contributed by atoms with Crippen molar-refractivity contribution in [3.63, 3.8) is 0 Å². The maximum atomic E-state index is 12.9. The van der Waals surface area contributed by atoms with E-state index in [0.29, 0.717) is 12.1 Å². The average molecular weight is 348 g/mol. The van der Waals surface area contributed by atoms with E-state index in [9.17, 15) is 14.0 Å². The van der Waals surface area contributed by atoms with Gasteiger partial charge in [0, 0.05) is 5.69 Å². The highest BCUT2D eigenvalue weighted by Gasteiger charge is 2.34. The van der Waals surface area contributed by atoms with Crippen LogP contribution in [0.5, 0.6) is 0 Å². The van der Waals surface area contributed by atoms with Crippen LogP contribution in [0.1, 0.15) is 41.0 Å². The summed E-state index contributed by atoms with van der Waals surface area (Å²) < 4.78 is 18.2. The molecule has 0 bridgehead atoms. The highest BCUT2D eigenvalue weighted by Crippen LogP contribution is 2.34. The Hall–Kier alpha value is -2.37. The summed E-state index contributed by atoms with van der Waals surface area (Å²) in [4.78, 5) is 24.2. The monoisotopic (exact) mass is 348 g/mol. The van der Waals surface area contributed by atoms with Gasteiger partial charge in [0.25, 0.3) is 0 Å². The summed E-state index contributed by atoms with van der Waals surface area (Å²) in [5, 5.41) is 5.58. The van der Waals surface area contributed by atoms with E-state index in [2.05, 4.69) is 10.6 Å². The van der Waals surface area contributed by atoms with Crippen molar-refractivity contribution in [3.05, 3.63) is 41.2 Å². The third-order valence-corrected chi connectivity index (χ3v) is 4.17. The number of carbonyl (C=O) groups is 2. The number of benzene rings is 1. The molecule has 2 unspecified atom stereocenters.